The maximum absolute atomic E-state index is 12.0. The van der Waals surface area contributed by atoms with Crippen molar-refractivity contribution in [1.82, 2.24) is 0 Å². The van der Waals surface area contributed by atoms with Crippen LogP contribution >= 0.6 is 0 Å². The van der Waals surface area contributed by atoms with E-state index in [9.17, 15) is 8.42 Å². The number of sulfone groups is 1. The van der Waals surface area contributed by atoms with E-state index in [1.807, 2.05) is 12.1 Å². The number of benzene rings is 2. The summed E-state index contributed by atoms with van der Waals surface area (Å²) in [5, 5.41) is -0.326. The zero-order valence-corrected chi connectivity index (χ0v) is 17.1. The van der Waals surface area contributed by atoms with Gasteiger partial charge in [-0.2, -0.15) is 0 Å². The van der Waals surface area contributed by atoms with Crippen molar-refractivity contribution in [2.75, 3.05) is 0 Å². The Labute approximate surface area is 158 Å². The van der Waals surface area contributed by atoms with Gasteiger partial charge in [-0.1, -0.05) is 56.3 Å². The fourth-order valence-electron chi connectivity index (χ4n) is 3.76. The summed E-state index contributed by atoms with van der Waals surface area (Å²) >= 11 is 0. The summed E-state index contributed by atoms with van der Waals surface area (Å²) < 4.78 is 24.1. The second-order valence-electron chi connectivity index (χ2n) is 8.18. The van der Waals surface area contributed by atoms with E-state index in [0.29, 0.717) is 5.92 Å². The first-order valence-electron chi connectivity index (χ1n) is 9.67. The molecule has 0 saturated carbocycles. The van der Waals surface area contributed by atoms with Crippen LogP contribution in [0.15, 0.2) is 42.5 Å². The molecular formula is C23H30O2S. The SMILES string of the molecule is CC1Cc2cc(CCc3ccc(CS(=O)(=O)C(C)C)cc3)ccc2C1C. The maximum Gasteiger partial charge on any atom is 0.156 e. The lowest BCUT2D eigenvalue weighted by Gasteiger charge is -2.10. The van der Waals surface area contributed by atoms with Gasteiger partial charge in [0.1, 0.15) is 0 Å². The number of aryl methyl sites for hydroxylation is 2. The molecule has 0 bridgehead atoms. The molecule has 0 heterocycles. The Balaban J connectivity index is 1.62. The molecule has 1 aliphatic rings. The van der Waals surface area contributed by atoms with Crippen molar-refractivity contribution in [3.8, 4) is 0 Å². The van der Waals surface area contributed by atoms with Crippen LogP contribution in [-0.2, 0) is 34.9 Å². The molecule has 1 aliphatic carbocycles. The van der Waals surface area contributed by atoms with Crippen LogP contribution in [0.2, 0.25) is 0 Å². The predicted octanol–water partition coefficient (Wildman–Crippen LogP) is 5.09. The molecule has 3 heteroatoms. The minimum absolute atomic E-state index is 0.131. The molecule has 26 heavy (non-hydrogen) atoms. The van der Waals surface area contributed by atoms with Crippen molar-refractivity contribution < 1.29 is 8.42 Å². The average molecular weight is 371 g/mol. The van der Waals surface area contributed by atoms with Crippen molar-refractivity contribution in [3.63, 3.8) is 0 Å². The first-order valence-corrected chi connectivity index (χ1v) is 11.4. The second kappa shape index (κ2) is 7.56. The Morgan fingerprint density at radius 2 is 1.50 bits per heavy atom. The van der Waals surface area contributed by atoms with Gasteiger partial charge in [0.05, 0.1) is 11.0 Å². The minimum Gasteiger partial charge on any atom is -0.228 e. The first kappa shape index (κ1) is 19.2. The summed E-state index contributed by atoms with van der Waals surface area (Å²) in [6, 6.07) is 15.0. The summed E-state index contributed by atoms with van der Waals surface area (Å²) in [5.41, 5.74) is 6.59. The zero-order chi connectivity index (χ0) is 18.9. The van der Waals surface area contributed by atoms with E-state index in [2.05, 4.69) is 44.2 Å². The van der Waals surface area contributed by atoms with Crippen molar-refractivity contribution in [1.29, 1.82) is 0 Å². The van der Waals surface area contributed by atoms with E-state index in [1.165, 1.54) is 28.7 Å². The topological polar surface area (TPSA) is 34.1 Å². The van der Waals surface area contributed by atoms with Gasteiger partial charge < -0.3 is 0 Å². The van der Waals surface area contributed by atoms with Crippen LogP contribution < -0.4 is 0 Å². The standard InChI is InChI=1S/C23H30O2S/c1-16(2)26(24,25)15-21-9-6-19(7-10-21)5-8-20-11-12-23-18(4)17(3)13-22(23)14-20/h6-7,9-12,14,16-18H,5,8,13,15H2,1-4H3. The quantitative estimate of drug-likeness (QED) is 0.710. The molecule has 0 N–H and O–H groups in total. The van der Waals surface area contributed by atoms with Gasteiger partial charge in [-0.3, -0.25) is 0 Å². The maximum atomic E-state index is 12.0. The smallest absolute Gasteiger partial charge is 0.156 e. The zero-order valence-electron chi connectivity index (χ0n) is 16.3. The molecule has 0 spiro atoms. The Morgan fingerprint density at radius 1 is 0.923 bits per heavy atom. The van der Waals surface area contributed by atoms with Gasteiger partial charge >= 0.3 is 0 Å². The summed E-state index contributed by atoms with van der Waals surface area (Å²) in [5.74, 6) is 1.55. The van der Waals surface area contributed by atoms with Crippen LogP contribution in [0.1, 0.15) is 61.4 Å². The molecule has 0 aromatic heterocycles. The molecule has 2 atom stereocenters. The lowest BCUT2D eigenvalue weighted by molar-refractivity contribution is 0.532. The van der Waals surface area contributed by atoms with Crippen molar-refractivity contribution >= 4 is 9.84 Å². The van der Waals surface area contributed by atoms with E-state index >= 15 is 0 Å². The van der Waals surface area contributed by atoms with E-state index < -0.39 is 9.84 Å². The highest BCUT2D eigenvalue weighted by atomic mass is 32.2. The fraction of sp³-hybridized carbons (Fsp3) is 0.478. The van der Waals surface area contributed by atoms with Gasteiger partial charge in [-0.25, -0.2) is 8.42 Å². The van der Waals surface area contributed by atoms with Crippen LogP contribution in [0.25, 0.3) is 0 Å². The first-order chi connectivity index (χ1) is 12.3. The lowest BCUT2D eigenvalue weighted by Crippen LogP contribution is -2.15. The minimum atomic E-state index is -3.03. The molecule has 0 fully saturated rings. The summed E-state index contributed by atoms with van der Waals surface area (Å²) in [6.45, 7) is 8.15. The summed E-state index contributed by atoms with van der Waals surface area (Å²) in [7, 11) is -3.03. The molecule has 3 rings (SSSR count). The highest BCUT2D eigenvalue weighted by Gasteiger charge is 2.25. The van der Waals surface area contributed by atoms with Crippen LogP contribution in [0, 0.1) is 5.92 Å². The fourth-order valence-corrected chi connectivity index (χ4v) is 4.75. The third kappa shape index (κ3) is 4.20. The molecule has 0 amide bonds. The Morgan fingerprint density at radius 3 is 2.15 bits per heavy atom. The predicted molar refractivity (Wildman–Crippen MR) is 109 cm³/mol. The van der Waals surface area contributed by atoms with Gasteiger partial charge in [0.25, 0.3) is 0 Å². The Hall–Kier alpha value is -1.61. The number of fused-ring (bicyclic) bond motifs is 1. The van der Waals surface area contributed by atoms with Crippen LogP contribution in [0.5, 0.6) is 0 Å². The number of rotatable bonds is 6. The average Bonchev–Trinajstić information content (AvgIpc) is 2.88. The third-order valence-corrected chi connectivity index (χ3v) is 8.08. The lowest BCUT2D eigenvalue weighted by atomic mass is 9.95. The molecule has 2 unspecified atom stereocenters. The van der Waals surface area contributed by atoms with Crippen molar-refractivity contribution in [2.24, 2.45) is 5.92 Å². The van der Waals surface area contributed by atoms with Crippen LogP contribution in [0.3, 0.4) is 0 Å². The normalized spacial score (nSPS) is 19.7. The molecule has 2 aromatic rings. The van der Waals surface area contributed by atoms with Gasteiger partial charge in [0, 0.05) is 0 Å². The van der Waals surface area contributed by atoms with Crippen molar-refractivity contribution in [3.05, 3.63) is 70.3 Å². The molecular weight excluding hydrogens is 340 g/mol. The molecule has 0 aliphatic heterocycles. The van der Waals surface area contributed by atoms with Crippen LogP contribution in [-0.4, -0.2) is 13.7 Å². The largest absolute Gasteiger partial charge is 0.228 e. The summed E-state index contributed by atoms with van der Waals surface area (Å²) in [6.07, 6.45) is 3.21. The molecule has 140 valence electrons. The van der Waals surface area contributed by atoms with E-state index in [1.54, 1.807) is 13.8 Å². The van der Waals surface area contributed by atoms with E-state index in [4.69, 9.17) is 0 Å². The molecule has 2 nitrogen and oxygen atoms in total. The van der Waals surface area contributed by atoms with Gasteiger partial charge in [-0.15, -0.1) is 0 Å². The van der Waals surface area contributed by atoms with E-state index in [-0.39, 0.29) is 11.0 Å². The van der Waals surface area contributed by atoms with E-state index in [0.717, 1.165) is 24.3 Å². The van der Waals surface area contributed by atoms with Gasteiger partial charge in [-0.05, 0) is 72.8 Å². The molecule has 2 aromatic carbocycles. The van der Waals surface area contributed by atoms with Crippen molar-refractivity contribution in [2.45, 2.75) is 63.9 Å². The number of hydrogen-bond donors (Lipinski definition) is 0. The second-order valence-corrected chi connectivity index (χ2v) is 10.7. The van der Waals surface area contributed by atoms with Crippen LogP contribution in [0.4, 0.5) is 0 Å². The molecule has 0 saturated heterocycles. The number of hydrogen-bond acceptors (Lipinski definition) is 2. The monoisotopic (exact) mass is 370 g/mol. The molecule has 0 radical (unpaired) electrons. The summed E-state index contributed by atoms with van der Waals surface area (Å²) in [4.78, 5) is 0. The van der Waals surface area contributed by atoms with Gasteiger partial charge in [0.2, 0.25) is 0 Å². The highest BCUT2D eigenvalue weighted by Crippen LogP contribution is 2.37. The van der Waals surface area contributed by atoms with Gasteiger partial charge in [0.15, 0.2) is 9.84 Å². The Kier molecular flexibility index (Phi) is 5.57. The highest BCUT2D eigenvalue weighted by molar-refractivity contribution is 7.91. The Bertz CT molecular complexity index is 864. The third-order valence-electron chi connectivity index (χ3n) is 5.90.